The molecule has 1 aromatic heterocycles. The maximum absolute atomic E-state index is 11.1. The summed E-state index contributed by atoms with van der Waals surface area (Å²) in [5.41, 5.74) is 1.92. The van der Waals surface area contributed by atoms with Crippen molar-refractivity contribution in [2.75, 3.05) is 0 Å². The molecule has 1 heterocycles. The maximum Gasteiger partial charge on any atom is 0.347 e. The van der Waals surface area contributed by atoms with Gasteiger partial charge in [0.15, 0.2) is 0 Å². The second-order valence-electron chi connectivity index (χ2n) is 4.03. The van der Waals surface area contributed by atoms with Gasteiger partial charge >= 0.3 is 5.97 Å². The zero-order chi connectivity index (χ0) is 13.0. The molecule has 0 bridgehead atoms. The zero-order valence-corrected chi connectivity index (χ0v) is 11.0. The Morgan fingerprint density at radius 2 is 2.00 bits per heavy atom. The first-order valence-corrected chi connectivity index (χ1v) is 6.78. The van der Waals surface area contributed by atoms with Gasteiger partial charge in [-0.1, -0.05) is 37.3 Å². The van der Waals surface area contributed by atoms with Crippen LogP contribution < -0.4 is 0 Å². The van der Waals surface area contributed by atoms with Crippen molar-refractivity contribution < 1.29 is 9.90 Å². The van der Waals surface area contributed by atoms with Gasteiger partial charge in [-0.15, -0.1) is 11.3 Å². The van der Waals surface area contributed by atoms with Crippen LogP contribution in [0.1, 0.15) is 32.9 Å². The van der Waals surface area contributed by atoms with Crippen LogP contribution in [0.25, 0.3) is 0 Å². The molecule has 1 aromatic carbocycles. The maximum atomic E-state index is 11.1. The highest BCUT2D eigenvalue weighted by molar-refractivity contribution is 7.13. The Morgan fingerprint density at radius 1 is 1.28 bits per heavy atom. The number of carboxylic acids is 1. The van der Waals surface area contributed by atoms with Crippen LogP contribution in [0.4, 0.5) is 0 Å². The fourth-order valence-electron chi connectivity index (χ4n) is 1.80. The number of carboxylic acid groups (broad SMARTS) is 1. The predicted octanol–water partition coefficient (Wildman–Crippen LogP) is 3.19. The lowest BCUT2D eigenvalue weighted by atomic mass is 10.1. The standard InChI is InChI=1S/C14H15NO2S/c1-2-12-15-11(13(18-12)14(16)17)9-8-10-6-4-3-5-7-10/h3-7H,2,8-9H2,1H3,(H,16,17). The molecule has 0 radical (unpaired) electrons. The SMILES string of the molecule is CCc1nc(CCc2ccccc2)c(C(=O)O)s1. The zero-order valence-electron chi connectivity index (χ0n) is 10.2. The Morgan fingerprint density at radius 3 is 2.61 bits per heavy atom. The summed E-state index contributed by atoms with van der Waals surface area (Å²) in [5.74, 6) is -0.865. The van der Waals surface area contributed by atoms with E-state index in [0.29, 0.717) is 17.0 Å². The third-order valence-electron chi connectivity index (χ3n) is 2.73. The van der Waals surface area contributed by atoms with Crippen molar-refractivity contribution in [3.05, 3.63) is 51.5 Å². The summed E-state index contributed by atoms with van der Waals surface area (Å²) in [6, 6.07) is 10.1. The number of aromatic carboxylic acids is 1. The largest absolute Gasteiger partial charge is 0.477 e. The molecule has 0 aliphatic rings. The van der Waals surface area contributed by atoms with E-state index in [1.807, 2.05) is 37.3 Å². The number of rotatable bonds is 5. The monoisotopic (exact) mass is 261 g/mol. The molecule has 2 aromatic rings. The molecule has 0 fully saturated rings. The van der Waals surface area contributed by atoms with Crippen molar-refractivity contribution in [3.63, 3.8) is 0 Å². The highest BCUT2D eigenvalue weighted by atomic mass is 32.1. The van der Waals surface area contributed by atoms with Crippen LogP contribution in [0.15, 0.2) is 30.3 Å². The van der Waals surface area contributed by atoms with E-state index >= 15 is 0 Å². The molecule has 0 amide bonds. The van der Waals surface area contributed by atoms with Gasteiger partial charge in [-0.3, -0.25) is 0 Å². The highest BCUT2D eigenvalue weighted by Gasteiger charge is 2.16. The Balaban J connectivity index is 2.13. The summed E-state index contributed by atoms with van der Waals surface area (Å²) in [4.78, 5) is 15.9. The highest BCUT2D eigenvalue weighted by Crippen LogP contribution is 2.20. The van der Waals surface area contributed by atoms with Gasteiger partial charge in [0.1, 0.15) is 4.88 Å². The van der Waals surface area contributed by atoms with Crippen LogP contribution in [0.5, 0.6) is 0 Å². The van der Waals surface area contributed by atoms with Gasteiger partial charge in [-0.25, -0.2) is 9.78 Å². The molecule has 2 rings (SSSR count). The van der Waals surface area contributed by atoms with Crippen molar-refractivity contribution in [2.45, 2.75) is 26.2 Å². The van der Waals surface area contributed by atoms with E-state index in [2.05, 4.69) is 4.98 Å². The molecule has 0 aliphatic carbocycles. The second-order valence-corrected chi connectivity index (χ2v) is 5.11. The van der Waals surface area contributed by atoms with Gasteiger partial charge in [0.25, 0.3) is 0 Å². The average Bonchev–Trinajstić information content (AvgIpc) is 2.81. The van der Waals surface area contributed by atoms with Crippen LogP contribution in [-0.2, 0) is 19.3 Å². The molecule has 0 unspecified atom stereocenters. The minimum Gasteiger partial charge on any atom is -0.477 e. The van der Waals surface area contributed by atoms with Crippen LogP contribution in [0, 0.1) is 0 Å². The second kappa shape index (κ2) is 5.78. The summed E-state index contributed by atoms with van der Waals surface area (Å²) < 4.78 is 0. The lowest BCUT2D eigenvalue weighted by Crippen LogP contribution is -2.01. The molecule has 0 saturated carbocycles. The summed E-state index contributed by atoms with van der Waals surface area (Å²) in [5, 5.41) is 10.0. The van der Waals surface area contributed by atoms with E-state index in [0.717, 1.165) is 17.8 Å². The number of hydrogen-bond acceptors (Lipinski definition) is 3. The van der Waals surface area contributed by atoms with E-state index < -0.39 is 5.97 Å². The van der Waals surface area contributed by atoms with Gasteiger partial charge in [-0.05, 0) is 24.8 Å². The average molecular weight is 261 g/mol. The molecule has 0 saturated heterocycles. The van der Waals surface area contributed by atoms with Crippen molar-refractivity contribution >= 4 is 17.3 Å². The molecule has 3 nitrogen and oxygen atoms in total. The van der Waals surface area contributed by atoms with E-state index in [-0.39, 0.29) is 0 Å². The minimum absolute atomic E-state index is 0.391. The molecule has 94 valence electrons. The Labute approximate surface area is 110 Å². The molecule has 0 aliphatic heterocycles. The normalized spacial score (nSPS) is 10.5. The quantitative estimate of drug-likeness (QED) is 0.899. The number of thiazole rings is 1. The third kappa shape index (κ3) is 2.96. The Kier molecular flexibility index (Phi) is 4.10. The van der Waals surface area contributed by atoms with Gasteiger partial charge in [0.05, 0.1) is 10.7 Å². The molecule has 1 N–H and O–H groups in total. The molecule has 18 heavy (non-hydrogen) atoms. The summed E-state index contributed by atoms with van der Waals surface area (Å²) in [6.45, 7) is 1.99. The molecular weight excluding hydrogens is 246 g/mol. The van der Waals surface area contributed by atoms with Crippen molar-refractivity contribution in [1.82, 2.24) is 4.98 Å². The lowest BCUT2D eigenvalue weighted by molar-refractivity contribution is 0.0700. The minimum atomic E-state index is -0.865. The van der Waals surface area contributed by atoms with Gasteiger partial charge in [0, 0.05) is 0 Å². The predicted molar refractivity (Wildman–Crippen MR) is 72.3 cm³/mol. The van der Waals surface area contributed by atoms with E-state index in [1.54, 1.807) is 0 Å². The summed E-state index contributed by atoms with van der Waals surface area (Å²) >= 11 is 1.29. The van der Waals surface area contributed by atoms with Crippen molar-refractivity contribution in [3.8, 4) is 0 Å². The lowest BCUT2D eigenvalue weighted by Gasteiger charge is -2.00. The number of benzene rings is 1. The topological polar surface area (TPSA) is 50.2 Å². The first-order chi connectivity index (χ1) is 8.70. The Hall–Kier alpha value is -1.68. The first kappa shape index (κ1) is 12.8. The first-order valence-electron chi connectivity index (χ1n) is 5.96. The third-order valence-corrected chi connectivity index (χ3v) is 3.96. The van der Waals surface area contributed by atoms with E-state index in [4.69, 9.17) is 5.11 Å². The van der Waals surface area contributed by atoms with Crippen LogP contribution in [0.2, 0.25) is 0 Å². The molecule has 4 heteroatoms. The fourth-order valence-corrected chi connectivity index (χ4v) is 2.68. The molecular formula is C14H15NO2S. The number of aryl methyl sites for hydroxylation is 3. The number of aromatic nitrogens is 1. The van der Waals surface area contributed by atoms with E-state index in [1.165, 1.54) is 16.9 Å². The Bertz CT molecular complexity index is 534. The number of carbonyl (C=O) groups is 1. The summed E-state index contributed by atoms with van der Waals surface area (Å²) in [6.07, 6.45) is 2.30. The molecule has 0 atom stereocenters. The number of nitrogens with zero attached hydrogens (tertiary/aromatic N) is 1. The summed E-state index contributed by atoms with van der Waals surface area (Å²) in [7, 11) is 0. The van der Waals surface area contributed by atoms with Gasteiger partial charge in [0.2, 0.25) is 0 Å². The van der Waals surface area contributed by atoms with Crippen LogP contribution in [0.3, 0.4) is 0 Å². The molecule has 0 spiro atoms. The van der Waals surface area contributed by atoms with Crippen LogP contribution in [-0.4, -0.2) is 16.1 Å². The van der Waals surface area contributed by atoms with Crippen molar-refractivity contribution in [2.24, 2.45) is 0 Å². The van der Waals surface area contributed by atoms with Gasteiger partial charge in [-0.2, -0.15) is 0 Å². The van der Waals surface area contributed by atoms with Crippen molar-refractivity contribution in [1.29, 1.82) is 0 Å². The fraction of sp³-hybridized carbons (Fsp3) is 0.286. The number of hydrogen-bond donors (Lipinski definition) is 1. The van der Waals surface area contributed by atoms with Gasteiger partial charge < -0.3 is 5.11 Å². The van der Waals surface area contributed by atoms with Crippen LogP contribution >= 0.6 is 11.3 Å². The van der Waals surface area contributed by atoms with E-state index in [9.17, 15) is 4.79 Å². The smallest absolute Gasteiger partial charge is 0.347 e.